The van der Waals surface area contributed by atoms with Crippen LogP contribution in [0.25, 0.3) is 0 Å². The maximum atomic E-state index is 12.8. The van der Waals surface area contributed by atoms with Gasteiger partial charge in [-0.25, -0.2) is 0 Å². The van der Waals surface area contributed by atoms with Crippen LogP contribution in [-0.2, 0) is 17.6 Å². The standard InChI is InChI=1S/C17H18ClN3O2/c18-12-6-4-11(5-7-12)15-10-21(8-9-23-15)17(22)16-13-2-1-3-14(13)19-20-16/h4-7,15H,1-3,8-10H2,(H,19,20). The van der Waals surface area contributed by atoms with Crippen LogP contribution in [0.15, 0.2) is 24.3 Å². The fourth-order valence-corrected chi connectivity index (χ4v) is 3.48. The van der Waals surface area contributed by atoms with Gasteiger partial charge in [0, 0.05) is 22.8 Å². The summed E-state index contributed by atoms with van der Waals surface area (Å²) in [4.78, 5) is 14.7. The Labute approximate surface area is 139 Å². The van der Waals surface area contributed by atoms with Gasteiger partial charge in [-0.15, -0.1) is 0 Å². The highest BCUT2D eigenvalue weighted by molar-refractivity contribution is 6.30. The third-order valence-electron chi connectivity index (χ3n) is 4.60. The molecule has 0 saturated carbocycles. The monoisotopic (exact) mass is 331 g/mol. The van der Waals surface area contributed by atoms with Gasteiger partial charge in [0.05, 0.1) is 13.2 Å². The number of aromatic amines is 1. The number of amides is 1. The molecule has 0 bridgehead atoms. The number of carbonyl (C=O) groups is 1. The lowest BCUT2D eigenvalue weighted by Gasteiger charge is -2.33. The summed E-state index contributed by atoms with van der Waals surface area (Å²) in [6, 6.07) is 7.60. The number of morpholine rings is 1. The number of rotatable bonds is 2. The third kappa shape index (κ3) is 2.75. The lowest BCUT2D eigenvalue weighted by atomic mass is 10.1. The summed E-state index contributed by atoms with van der Waals surface area (Å²) in [7, 11) is 0. The number of hydrogen-bond acceptors (Lipinski definition) is 3. The molecule has 1 N–H and O–H groups in total. The summed E-state index contributed by atoms with van der Waals surface area (Å²) in [5.74, 6) is 0.00617. The molecular formula is C17H18ClN3O2. The van der Waals surface area contributed by atoms with Crippen LogP contribution >= 0.6 is 11.6 Å². The van der Waals surface area contributed by atoms with Crippen molar-refractivity contribution >= 4 is 17.5 Å². The van der Waals surface area contributed by atoms with E-state index in [9.17, 15) is 4.79 Å². The molecule has 2 aliphatic rings. The van der Waals surface area contributed by atoms with E-state index in [4.69, 9.17) is 16.3 Å². The summed E-state index contributed by atoms with van der Waals surface area (Å²) in [5.41, 5.74) is 3.86. The summed E-state index contributed by atoms with van der Waals surface area (Å²) < 4.78 is 5.83. The summed E-state index contributed by atoms with van der Waals surface area (Å²) in [6.45, 7) is 1.68. The second-order valence-corrected chi connectivity index (χ2v) is 6.48. The molecule has 1 fully saturated rings. The van der Waals surface area contributed by atoms with Crippen LogP contribution < -0.4 is 0 Å². The molecule has 1 aromatic carbocycles. The van der Waals surface area contributed by atoms with Crippen LogP contribution in [0.5, 0.6) is 0 Å². The maximum absolute atomic E-state index is 12.8. The topological polar surface area (TPSA) is 58.2 Å². The van der Waals surface area contributed by atoms with Crippen molar-refractivity contribution in [1.29, 1.82) is 0 Å². The molecule has 1 saturated heterocycles. The largest absolute Gasteiger partial charge is 0.370 e. The molecule has 120 valence electrons. The number of H-pyrrole nitrogens is 1. The van der Waals surface area contributed by atoms with Crippen LogP contribution in [0.3, 0.4) is 0 Å². The first-order valence-corrected chi connectivity index (χ1v) is 8.32. The van der Waals surface area contributed by atoms with Crippen molar-refractivity contribution in [2.45, 2.75) is 25.4 Å². The Morgan fingerprint density at radius 2 is 2.13 bits per heavy atom. The van der Waals surface area contributed by atoms with Crippen LogP contribution in [0, 0.1) is 0 Å². The summed E-state index contributed by atoms with van der Waals surface area (Å²) in [5, 5.41) is 7.96. The van der Waals surface area contributed by atoms with E-state index in [-0.39, 0.29) is 12.0 Å². The molecule has 2 aromatic rings. The fourth-order valence-electron chi connectivity index (χ4n) is 3.36. The fraction of sp³-hybridized carbons (Fsp3) is 0.412. The van der Waals surface area contributed by atoms with Crippen LogP contribution in [0.2, 0.25) is 5.02 Å². The van der Waals surface area contributed by atoms with Crippen molar-refractivity contribution in [3.8, 4) is 0 Å². The highest BCUT2D eigenvalue weighted by Crippen LogP contribution is 2.27. The SMILES string of the molecule is O=C(c1n[nH]c2c1CCC2)N1CCOC(c2ccc(Cl)cc2)C1. The smallest absolute Gasteiger partial charge is 0.274 e. The van der Waals surface area contributed by atoms with Crippen molar-refractivity contribution in [2.24, 2.45) is 0 Å². The minimum absolute atomic E-state index is 0.00617. The number of benzene rings is 1. The molecule has 1 amide bonds. The molecule has 1 aliphatic carbocycles. The van der Waals surface area contributed by atoms with E-state index < -0.39 is 0 Å². The highest BCUT2D eigenvalue weighted by Gasteiger charge is 2.30. The molecular weight excluding hydrogens is 314 g/mol. The number of aromatic nitrogens is 2. The molecule has 0 spiro atoms. The van der Waals surface area contributed by atoms with Gasteiger partial charge in [-0.05, 0) is 37.0 Å². The molecule has 6 heteroatoms. The number of carbonyl (C=O) groups excluding carboxylic acids is 1. The van der Waals surface area contributed by atoms with Gasteiger partial charge in [-0.3, -0.25) is 9.89 Å². The molecule has 23 heavy (non-hydrogen) atoms. The first-order valence-electron chi connectivity index (χ1n) is 7.95. The third-order valence-corrected chi connectivity index (χ3v) is 4.86. The normalized spacial score (nSPS) is 20.6. The zero-order valence-electron chi connectivity index (χ0n) is 12.7. The molecule has 5 nitrogen and oxygen atoms in total. The average Bonchev–Trinajstić information content (AvgIpc) is 3.18. The number of nitrogens with zero attached hydrogens (tertiary/aromatic N) is 2. The molecule has 1 aromatic heterocycles. The van der Waals surface area contributed by atoms with E-state index in [0.29, 0.717) is 30.4 Å². The number of ether oxygens (including phenoxy) is 1. The average molecular weight is 332 g/mol. The number of hydrogen-bond donors (Lipinski definition) is 1. The van der Waals surface area contributed by atoms with Crippen molar-refractivity contribution in [2.75, 3.05) is 19.7 Å². The second kappa shape index (κ2) is 5.98. The van der Waals surface area contributed by atoms with E-state index in [1.807, 2.05) is 29.2 Å². The zero-order chi connectivity index (χ0) is 15.8. The first kappa shape index (κ1) is 14.7. The van der Waals surface area contributed by atoms with Crippen LogP contribution in [-0.4, -0.2) is 40.7 Å². The molecule has 1 aliphatic heterocycles. The van der Waals surface area contributed by atoms with Crippen LogP contribution in [0.4, 0.5) is 0 Å². The molecule has 1 atom stereocenters. The predicted octanol–water partition coefficient (Wildman–Crippen LogP) is 2.77. The van der Waals surface area contributed by atoms with Gasteiger partial charge < -0.3 is 9.64 Å². The maximum Gasteiger partial charge on any atom is 0.274 e. The second-order valence-electron chi connectivity index (χ2n) is 6.05. The van der Waals surface area contributed by atoms with E-state index in [1.165, 1.54) is 0 Å². The minimum atomic E-state index is -0.114. The van der Waals surface area contributed by atoms with E-state index in [0.717, 1.165) is 36.1 Å². The van der Waals surface area contributed by atoms with Gasteiger partial charge in [0.15, 0.2) is 5.69 Å². The predicted molar refractivity (Wildman–Crippen MR) is 86.7 cm³/mol. The van der Waals surface area contributed by atoms with Gasteiger partial charge in [-0.1, -0.05) is 23.7 Å². The molecule has 2 heterocycles. The van der Waals surface area contributed by atoms with Gasteiger partial charge in [0.1, 0.15) is 6.10 Å². The minimum Gasteiger partial charge on any atom is -0.370 e. The van der Waals surface area contributed by atoms with Gasteiger partial charge in [0.25, 0.3) is 5.91 Å². The molecule has 4 rings (SSSR count). The van der Waals surface area contributed by atoms with Crippen molar-refractivity contribution in [3.63, 3.8) is 0 Å². The Morgan fingerprint density at radius 1 is 1.30 bits per heavy atom. The zero-order valence-corrected chi connectivity index (χ0v) is 13.5. The van der Waals surface area contributed by atoms with E-state index in [2.05, 4.69) is 10.2 Å². The number of aryl methyl sites for hydroxylation is 1. The highest BCUT2D eigenvalue weighted by atomic mass is 35.5. The van der Waals surface area contributed by atoms with Crippen molar-refractivity contribution < 1.29 is 9.53 Å². The Kier molecular flexibility index (Phi) is 3.83. The van der Waals surface area contributed by atoms with Crippen LogP contribution in [0.1, 0.15) is 39.8 Å². The quantitative estimate of drug-likeness (QED) is 0.920. The number of nitrogens with one attached hydrogen (secondary N) is 1. The Morgan fingerprint density at radius 3 is 2.96 bits per heavy atom. The Bertz CT molecular complexity index is 726. The van der Waals surface area contributed by atoms with Gasteiger partial charge >= 0.3 is 0 Å². The number of halogens is 1. The number of fused-ring (bicyclic) bond motifs is 1. The Balaban J connectivity index is 1.52. The lowest BCUT2D eigenvalue weighted by molar-refractivity contribution is -0.0230. The summed E-state index contributed by atoms with van der Waals surface area (Å²) >= 11 is 5.93. The molecule has 0 radical (unpaired) electrons. The lowest BCUT2D eigenvalue weighted by Crippen LogP contribution is -2.42. The Hall–Kier alpha value is -1.85. The van der Waals surface area contributed by atoms with Gasteiger partial charge in [-0.2, -0.15) is 5.10 Å². The van der Waals surface area contributed by atoms with E-state index >= 15 is 0 Å². The van der Waals surface area contributed by atoms with Crippen molar-refractivity contribution in [3.05, 3.63) is 51.8 Å². The first-order chi connectivity index (χ1) is 11.2. The molecule has 1 unspecified atom stereocenters. The van der Waals surface area contributed by atoms with Crippen molar-refractivity contribution in [1.82, 2.24) is 15.1 Å². The summed E-state index contributed by atoms with van der Waals surface area (Å²) in [6.07, 6.45) is 2.92. The van der Waals surface area contributed by atoms with E-state index in [1.54, 1.807) is 0 Å². The van der Waals surface area contributed by atoms with Gasteiger partial charge in [0.2, 0.25) is 0 Å².